The second-order valence-electron chi connectivity index (χ2n) is 6.03. The van der Waals surface area contributed by atoms with Gasteiger partial charge in [0, 0.05) is 18.7 Å². The summed E-state index contributed by atoms with van der Waals surface area (Å²) in [6.45, 7) is 7.81. The molecule has 1 aliphatic heterocycles. The number of likely N-dealkylation sites (tertiary alicyclic amines) is 1. The van der Waals surface area contributed by atoms with Gasteiger partial charge in [-0.1, -0.05) is 6.92 Å². The molecule has 116 valence electrons. The Kier molecular flexibility index (Phi) is 5.10. The number of hydrogen-bond acceptors (Lipinski definition) is 3. The summed E-state index contributed by atoms with van der Waals surface area (Å²) in [7, 11) is 1.60. The molecule has 1 aromatic carbocycles. The Balaban J connectivity index is 2.17. The minimum atomic E-state index is 0.0726. The van der Waals surface area contributed by atoms with Crippen molar-refractivity contribution in [3.8, 4) is 11.5 Å². The van der Waals surface area contributed by atoms with E-state index < -0.39 is 0 Å². The fourth-order valence-electron chi connectivity index (χ4n) is 2.71. The third-order valence-electron chi connectivity index (χ3n) is 3.72. The van der Waals surface area contributed by atoms with E-state index in [4.69, 9.17) is 9.47 Å². The first-order valence-corrected chi connectivity index (χ1v) is 7.65. The molecule has 0 radical (unpaired) electrons. The van der Waals surface area contributed by atoms with E-state index in [-0.39, 0.29) is 12.0 Å². The van der Waals surface area contributed by atoms with Crippen LogP contribution in [0.25, 0.3) is 0 Å². The van der Waals surface area contributed by atoms with E-state index in [0.717, 1.165) is 19.5 Å². The molecule has 1 atom stereocenters. The van der Waals surface area contributed by atoms with Crippen molar-refractivity contribution in [1.82, 2.24) is 4.90 Å². The van der Waals surface area contributed by atoms with Gasteiger partial charge >= 0.3 is 0 Å². The summed E-state index contributed by atoms with van der Waals surface area (Å²) in [6, 6.07) is 5.42. The Morgan fingerprint density at radius 1 is 1.33 bits per heavy atom. The molecule has 2 rings (SSSR count). The summed E-state index contributed by atoms with van der Waals surface area (Å²) in [5, 5.41) is 0. The van der Waals surface area contributed by atoms with Crippen molar-refractivity contribution in [1.29, 1.82) is 0 Å². The van der Waals surface area contributed by atoms with E-state index in [0.29, 0.717) is 23.0 Å². The maximum atomic E-state index is 12.6. The van der Waals surface area contributed by atoms with Crippen LogP contribution in [0.3, 0.4) is 0 Å². The van der Waals surface area contributed by atoms with E-state index in [1.54, 1.807) is 13.2 Å². The Morgan fingerprint density at radius 2 is 2.10 bits per heavy atom. The smallest absolute Gasteiger partial charge is 0.254 e. The molecule has 0 aromatic heterocycles. The number of methoxy groups -OCH3 is 1. The SMILES string of the molecule is COc1cc(C(=O)N2CCCC(C)C2)ccc1OC(C)C. The molecule has 1 unspecified atom stereocenters. The maximum Gasteiger partial charge on any atom is 0.254 e. The molecule has 0 bridgehead atoms. The van der Waals surface area contributed by atoms with E-state index in [1.807, 2.05) is 30.9 Å². The molecule has 1 aliphatic rings. The largest absolute Gasteiger partial charge is 0.493 e. The normalized spacial score (nSPS) is 18.7. The topological polar surface area (TPSA) is 38.8 Å². The molecule has 4 heteroatoms. The van der Waals surface area contributed by atoms with Crippen LogP contribution in [0.5, 0.6) is 11.5 Å². The first kappa shape index (κ1) is 15.7. The quantitative estimate of drug-likeness (QED) is 0.854. The molecule has 1 saturated heterocycles. The van der Waals surface area contributed by atoms with Crippen molar-refractivity contribution in [3.63, 3.8) is 0 Å². The molecule has 0 aliphatic carbocycles. The number of carbonyl (C=O) groups excluding carboxylic acids is 1. The average molecular weight is 291 g/mol. The van der Waals surface area contributed by atoms with Gasteiger partial charge in [0.15, 0.2) is 11.5 Å². The Labute approximate surface area is 127 Å². The maximum absolute atomic E-state index is 12.6. The molecular weight excluding hydrogens is 266 g/mol. The van der Waals surface area contributed by atoms with Gasteiger partial charge in [0.25, 0.3) is 5.91 Å². The minimum Gasteiger partial charge on any atom is -0.493 e. The van der Waals surface area contributed by atoms with Gasteiger partial charge in [-0.3, -0.25) is 4.79 Å². The standard InChI is InChI=1S/C17H25NO3/c1-12(2)21-15-8-7-14(10-16(15)20-4)17(19)18-9-5-6-13(3)11-18/h7-8,10,12-13H,5-6,9,11H2,1-4H3. The Hall–Kier alpha value is -1.71. The predicted molar refractivity (Wildman–Crippen MR) is 83.1 cm³/mol. The third-order valence-corrected chi connectivity index (χ3v) is 3.72. The summed E-state index contributed by atoms with van der Waals surface area (Å²) in [4.78, 5) is 14.5. The first-order valence-electron chi connectivity index (χ1n) is 7.65. The second kappa shape index (κ2) is 6.83. The van der Waals surface area contributed by atoms with Crippen LogP contribution >= 0.6 is 0 Å². The average Bonchev–Trinajstić information content (AvgIpc) is 2.46. The van der Waals surface area contributed by atoms with Crippen LogP contribution in [0.15, 0.2) is 18.2 Å². The lowest BCUT2D eigenvalue weighted by Gasteiger charge is -2.31. The zero-order valence-electron chi connectivity index (χ0n) is 13.4. The number of benzene rings is 1. The van der Waals surface area contributed by atoms with Crippen molar-refractivity contribution >= 4 is 5.91 Å². The molecule has 1 heterocycles. The third kappa shape index (κ3) is 3.90. The highest BCUT2D eigenvalue weighted by Crippen LogP contribution is 2.30. The minimum absolute atomic E-state index is 0.0726. The van der Waals surface area contributed by atoms with E-state index >= 15 is 0 Å². The van der Waals surface area contributed by atoms with Crippen molar-refractivity contribution in [3.05, 3.63) is 23.8 Å². The number of amides is 1. The lowest BCUT2D eigenvalue weighted by molar-refractivity contribution is 0.0682. The van der Waals surface area contributed by atoms with Gasteiger partial charge in [0.1, 0.15) is 0 Å². The molecule has 0 N–H and O–H groups in total. The van der Waals surface area contributed by atoms with Crippen molar-refractivity contribution in [2.45, 2.75) is 39.7 Å². The fourth-order valence-corrected chi connectivity index (χ4v) is 2.71. The molecule has 1 amide bonds. The highest BCUT2D eigenvalue weighted by molar-refractivity contribution is 5.95. The lowest BCUT2D eigenvalue weighted by atomic mass is 9.99. The Morgan fingerprint density at radius 3 is 2.71 bits per heavy atom. The highest BCUT2D eigenvalue weighted by atomic mass is 16.5. The van der Waals surface area contributed by atoms with Crippen LogP contribution < -0.4 is 9.47 Å². The first-order chi connectivity index (χ1) is 10.0. The molecule has 1 fully saturated rings. The van der Waals surface area contributed by atoms with Crippen LogP contribution in [0.4, 0.5) is 0 Å². The van der Waals surface area contributed by atoms with E-state index in [1.165, 1.54) is 6.42 Å². The summed E-state index contributed by atoms with van der Waals surface area (Å²) >= 11 is 0. The number of ether oxygens (including phenoxy) is 2. The van der Waals surface area contributed by atoms with E-state index in [9.17, 15) is 4.79 Å². The molecule has 0 saturated carbocycles. The van der Waals surface area contributed by atoms with Gasteiger partial charge in [-0.15, -0.1) is 0 Å². The molecule has 21 heavy (non-hydrogen) atoms. The molecule has 0 spiro atoms. The van der Waals surface area contributed by atoms with Crippen molar-refractivity contribution in [2.75, 3.05) is 20.2 Å². The highest BCUT2D eigenvalue weighted by Gasteiger charge is 2.23. The fraction of sp³-hybridized carbons (Fsp3) is 0.588. The zero-order chi connectivity index (χ0) is 15.4. The summed E-state index contributed by atoms with van der Waals surface area (Å²) in [5.74, 6) is 1.94. The monoisotopic (exact) mass is 291 g/mol. The molecular formula is C17H25NO3. The van der Waals surface area contributed by atoms with E-state index in [2.05, 4.69) is 6.92 Å². The zero-order valence-corrected chi connectivity index (χ0v) is 13.4. The second-order valence-corrected chi connectivity index (χ2v) is 6.03. The van der Waals surface area contributed by atoms with Gasteiger partial charge in [-0.25, -0.2) is 0 Å². The van der Waals surface area contributed by atoms with Gasteiger partial charge in [-0.2, -0.15) is 0 Å². The van der Waals surface area contributed by atoms with Crippen molar-refractivity contribution in [2.24, 2.45) is 5.92 Å². The number of rotatable bonds is 4. The van der Waals surface area contributed by atoms with Gasteiger partial charge in [-0.05, 0) is 50.8 Å². The number of nitrogens with zero attached hydrogens (tertiary/aromatic N) is 1. The van der Waals surface area contributed by atoms with Crippen molar-refractivity contribution < 1.29 is 14.3 Å². The van der Waals surface area contributed by atoms with Gasteiger partial charge in [0.05, 0.1) is 13.2 Å². The lowest BCUT2D eigenvalue weighted by Crippen LogP contribution is -2.39. The van der Waals surface area contributed by atoms with Gasteiger partial charge in [0.2, 0.25) is 0 Å². The molecule has 1 aromatic rings. The van der Waals surface area contributed by atoms with Crippen LogP contribution in [-0.2, 0) is 0 Å². The Bertz CT molecular complexity index is 499. The van der Waals surface area contributed by atoms with Crippen LogP contribution in [0, 0.1) is 5.92 Å². The van der Waals surface area contributed by atoms with Crippen LogP contribution in [0.1, 0.15) is 44.0 Å². The van der Waals surface area contributed by atoms with Crippen LogP contribution in [0.2, 0.25) is 0 Å². The van der Waals surface area contributed by atoms with Gasteiger partial charge < -0.3 is 14.4 Å². The number of hydrogen-bond donors (Lipinski definition) is 0. The predicted octanol–water partition coefficient (Wildman–Crippen LogP) is 3.35. The summed E-state index contributed by atoms with van der Waals surface area (Å²) in [5.41, 5.74) is 0.664. The number of carbonyl (C=O) groups is 1. The summed E-state index contributed by atoms with van der Waals surface area (Å²) < 4.78 is 11.0. The number of piperidine rings is 1. The van der Waals surface area contributed by atoms with Crippen LogP contribution in [-0.4, -0.2) is 37.1 Å². The summed E-state index contributed by atoms with van der Waals surface area (Å²) in [6.07, 6.45) is 2.36. The molecule has 4 nitrogen and oxygen atoms in total.